The second kappa shape index (κ2) is 10.1. The van der Waals surface area contributed by atoms with E-state index in [1.54, 1.807) is 48.5 Å². The molecule has 0 unspecified atom stereocenters. The molecule has 0 aliphatic carbocycles. The van der Waals surface area contributed by atoms with Crippen LogP contribution in [0.15, 0.2) is 59.7 Å². The van der Waals surface area contributed by atoms with E-state index in [1.165, 1.54) is 22.2 Å². The number of aryl methyl sites for hydroxylation is 2. The summed E-state index contributed by atoms with van der Waals surface area (Å²) in [6.45, 7) is 3.85. The maximum Gasteiger partial charge on any atom is 0.269 e. The third-order valence-electron chi connectivity index (χ3n) is 5.22. The van der Waals surface area contributed by atoms with Gasteiger partial charge in [0.1, 0.15) is 23.7 Å². The van der Waals surface area contributed by atoms with E-state index in [2.05, 4.69) is 15.8 Å². The zero-order valence-corrected chi connectivity index (χ0v) is 20.0. The van der Waals surface area contributed by atoms with Crippen LogP contribution in [0.4, 0.5) is 0 Å². The number of hydrogen-bond acceptors (Lipinski definition) is 6. The number of thiophene rings is 1. The molecular weight excluding hydrogens is 476 g/mol. The zero-order valence-electron chi connectivity index (χ0n) is 18.4. The second-order valence-corrected chi connectivity index (χ2v) is 9.22. The molecule has 4 aromatic rings. The minimum Gasteiger partial charge on any atom is -0.489 e. The molecule has 0 aliphatic rings. The number of nitrogens with one attached hydrogen (secondary N) is 2. The maximum absolute atomic E-state index is 12.7. The molecule has 4 rings (SSSR count). The normalized spacial score (nSPS) is 10.8. The summed E-state index contributed by atoms with van der Waals surface area (Å²) in [5.41, 5.74) is 6.50. The Morgan fingerprint density at radius 3 is 2.47 bits per heavy atom. The summed E-state index contributed by atoms with van der Waals surface area (Å²) in [4.78, 5) is 43.3. The third-order valence-corrected chi connectivity index (χ3v) is 6.59. The van der Waals surface area contributed by atoms with Crippen LogP contribution in [0.3, 0.4) is 0 Å². The molecule has 10 heteroatoms. The van der Waals surface area contributed by atoms with Crippen LogP contribution in [0.25, 0.3) is 10.2 Å². The quantitative estimate of drug-likeness (QED) is 0.396. The Balaban J connectivity index is 1.31. The number of nitrogens with zero attached hydrogens (tertiary/aromatic N) is 2. The Bertz CT molecular complexity index is 1410. The minimum atomic E-state index is -0.547. The van der Waals surface area contributed by atoms with Crippen LogP contribution in [0.1, 0.15) is 26.4 Å². The van der Waals surface area contributed by atoms with E-state index >= 15 is 0 Å². The fourth-order valence-corrected chi connectivity index (χ4v) is 4.34. The number of halogens is 1. The van der Waals surface area contributed by atoms with Gasteiger partial charge in [-0.25, -0.2) is 4.98 Å². The fourth-order valence-electron chi connectivity index (χ4n) is 3.23. The number of ether oxygens (including phenoxy) is 1. The SMILES string of the molecule is Cc1sc2ncn(CC(=O)NNC(=O)c3ccc(COc4ccc(Cl)cc4)cc3)c(=O)c2c1C. The smallest absolute Gasteiger partial charge is 0.269 e. The predicted molar refractivity (Wildman–Crippen MR) is 131 cm³/mol. The highest BCUT2D eigenvalue weighted by Gasteiger charge is 2.14. The van der Waals surface area contributed by atoms with Gasteiger partial charge in [-0.15, -0.1) is 11.3 Å². The van der Waals surface area contributed by atoms with E-state index in [0.29, 0.717) is 33.2 Å². The van der Waals surface area contributed by atoms with Crippen molar-refractivity contribution in [3.63, 3.8) is 0 Å². The first kappa shape index (κ1) is 23.5. The van der Waals surface area contributed by atoms with Crippen LogP contribution in [-0.4, -0.2) is 21.4 Å². The van der Waals surface area contributed by atoms with Gasteiger partial charge in [0.2, 0.25) is 0 Å². The molecule has 2 aromatic carbocycles. The fraction of sp³-hybridized carbons (Fsp3) is 0.167. The van der Waals surface area contributed by atoms with Crippen molar-refractivity contribution in [2.45, 2.75) is 27.0 Å². The second-order valence-electron chi connectivity index (χ2n) is 7.58. The average molecular weight is 497 g/mol. The lowest BCUT2D eigenvalue weighted by molar-refractivity contribution is -0.122. The van der Waals surface area contributed by atoms with Gasteiger partial charge in [-0.05, 0) is 61.4 Å². The molecule has 0 atom stereocenters. The van der Waals surface area contributed by atoms with Crippen LogP contribution in [0.2, 0.25) is 5.02 Å². The highest BCUT2D eigenvalue weighted by molar-refractivity contribution is 7.18. The molecule has 174 valence electrons. The van der Waals surface area contributed by atoms with Crippen molar-refractivity contribution in [1.82, 2.24) is 20.4 Å². The van der Waals surface area contributed by atoms with Crippen LogP contribution in [0.5, 0.6) is 5.75 Å². The summed E-state index contributed by atoms with van der Waals surface area (Å²) in [6.07, 6.45) is 1.34. The largest absolute Gasteiger partial charge is 0.489 e. The van der Waals surface area contributed by atoms with Crippen LogP contribution < -0.4 is 21.1 Å². The molecule has 0 saturated carbocycles. The minimum absolute atomic E-state index is 0.267. The van der Waals surface area contributed by atoms with Crippen molar-refractivity contribution in [3.05, 3.63) is 91.8 Å². The van der Waals surface area contributed by atoms with Crippen LogP contribution >= 0.6 is 22.9 Å². The number of rotatable bonds is 6. The number of aromatic nitrogens is 2. The number of hydrazine groups is 1. The van der Waals surface area contributed by atoms with Gasteiger partial charge in [0.15, 0.2) is 0 Å². The first-order chi connectivity index (χ1) is 16.3. The van der Waals surface area contributed by atoms with Gasteiger partial charge in [-0.2, -0.15) is 0 Å². The van der Waals surface area contributed by atoms with Gasteiger partial charge in [0, 0.05) is 15.5 Å². The van der Waals surface area contributed by atoms with Crippen molar-refractivity contribution in [2.24, 2.45) is 0 Å². The summed E-state index contributed by atoms with van der Waals surface area (Å²) in [7, 11) is 0. The summed E-state index contributed by atoms with van der Waals surface area (Å²) < 4.78 is 6.90. The molecule has 34 heavy (non-hydrogen) atoms. The van der Waals surface area contributed by atoms with E-state index in [-0.39, 0.29) is 12.1 Å². The Kier molecular flexibility index (Phi) is 6.95. The van der Waals surface area contributed by atoms with E-state index in [4.69, 9.17) is 16.3 Å². The monoisotopic (exact) mass is 496 g/mol. The molecule has 0 aliphatic heterocycles. The lowest BCUT2D eigenvalue weighted by Crippen LogP contribution is -2.44. The number of carbonyl (C=O) groups is 2. The van der Waals surface area contributed by atoms with E-state index < -0.39 is 11.8 Å². The molecule has 2 amide bonds. The summed E-state index contributed by atoms with van der Waals surface area (Å²) in [5, 5.41) is 1.15. The van der Waals surface area contributed by atoms with E-state index in [9.17, 15) is 14.4 Å². The Labute approximate surface area is 204 Å². The maximum atomic E-state index is 12.7. The Hall–Kier alpha value is -3.69. The standard InChI is InChI=1S/C24H21ClN4O4S/c1-14-15(2)34-23-21(14)24(32)29(13-26-23)11-20(30)27-28-22(31)17-5-3-16(4-6-17)12-33-19-9-7-18(25)8-10-19/h3-10,13H,11-12H2,1-2H3,(H,27,30)(H,28,31). The van der Waals surface area contributed by atoms with Gasteiger partial charge in [-0.3, -0.25) is 29.8 Å². The molecule has 2 aromatic heterocycles. The first-order valence-corrected chi connectivity index (χ1v) is 11.5. The first-order valence-electron chi connectivity index (χ1n) is 10.3. The lowest BCUT2D eigenvalue weighted by Gasteiger charge is -2.10. The van der Waals surface area contributed by atoms with Gasteiger partial charge in [0.05, 0.1) is 11.7 Å². The van der Waals surface area contributed by atoms with Crippen LogP contribution in [-0.2, 0) is 17.9 Å². The number of benzene rings is 2. The van der Waals surface area contributed by atoms with Crippen molar-refractivity contribution in [2.75, 3.05) is 0 Å². The van der Waals surface area contributed by atoms with Gasteiger partial charge >= 0.3 is 0 Å². The molecule has 2 N–H and O–H groups in total. The predicted octanol–water partition coefficient (Wildman–Crippen LogP) is 3.77. The number of hydrogen-bond donors (Lipinski definition) is 2. The molecule has 0 saturated heterocycles. The Morgan fingerprint density at radius 1 is 1.06 bits per heavy atom. The van der Waals surface area contributed by atoms with Gasteiger partial charge in [-0.1, -0.05) is 23.7 Å². The van der Waals surface area contributed by atoms with Crippen LogP contribution in [0, 0.1) is 13.8 Å². The molecule has 0 bridgehead atoms. The Morgan fingerprint density at radius 2 is 1.76 bits per heavy atom. The molecular formula is C24H21ClN4O4S. The summed E-state index contributed by atoms with van der Waals surface area (Å²) in [5.74, 6) is -0.343. The topological polar surface area (TPSA) is 102 Å². The molecule has 0 radical (unpaired) electrons. The molecule has 8 nitrogen and oxygen atoms in total. The summed E-state index contributed by atoms with van der Waals surface area (Å²) >= 11 is 7.30. The van der Waals surface area contributed by atoms with E-state index in [1.807, 2.05) is 13.8 Å². The molecule has 2 heterocycles. The van der Waals surface area contributed by atoms with Crippen molar-refractivity contribution >= 4 is 45.0 Å². The van der Waals surface area contributed by atoms with Crippen molar-refractivity contribution in [1.29, 1.82) is 0 Å². The molecule has 0 fully saturated rings. The number of fused-ring (bicyclic) bond motifs is 1. The van der Waals surface area contributed by atoms with Gasteiger partial charge < -0.3 is 4.74 Å². The highest BCUT2D eigenvalue weighted by Crippen LogP contribution is 2.25. The highest BCUT2D eigenvalue weighted by atomic mass is 35.5. The van der Waals surface area contributed by atoms with Crippen molar-refractivity contribution in [3.8, 4) is 5.75 Å². The number of amides is 2. The summed E-state index contributed by atoms with van der Waals surface area (Å²) in [6, 6.07) is 13.8. The average Bonchev–Trinajstić information content (AvgIpc) is 3.13. The van der Waals surface area contributed by atoms with E-state index in [0.717, 1.165) is 16.0 Å². The number of carbonyl (C=O) groups excluding carboxylic acids is 2. The van der Waals surface area contributed by atoms with Crippen molar-refractivity contribution < 1.29 is 14.3 Å². The third kappa shape index (κ3) is 5.27. The zero-order chi connectivity index (χ0) is 24.2. The molecule has 0 spiro atoms. The van der Waals surface area contributed by atoms with Gasteiger partial charge in [0.25, 0.3) is 17.4 Å². The lowest BCUT2D eigenvalue weighted by atomic mass is 10.1.